The Labute approximate surface area is 99.9 Å². The van der Waals surface area contributed by atoms with Crippen LogP contribution in [0.15, 0.2) is 12.1 Å². The van der Waals surface area contributed by atoms with E-state index in [1.807, 2.05) is 0 Å². The minimum Gasteiger partial charge on any atom is -0.509 e. The van der Waals surface area contributed by atoms with E-state index in [-0.39, 0.29) is 0 Å². The van der Waals surface area contributed by atoms with Gasteiger partial charge in [-0.2, -0.15) is 8.78 Å². The fraction of sp³-hybridized carbons (Fsp3) is 0.333. The van der Waals surface area contributed by atoms with Crippen LogP contribution >= 0.6 is 0 Å². The van der Waals surface area contributed by atoms with Gasteiger partial charge in [0.25, 0.3) is 0 Å². The average molecular weight is 268 g/mol. The van der Waals surface area contributed by atoms with Crippen molar-refractivity contribution >= 4 is 7.32 Å². The molecule has 0 spiro atoms. The maximum absolute atomic E-state index is 13.3. The molecule has 1 aromatic carbocycles. The monoisotopic (exact) mass is 268 g/mol. The van der Waals surface area contributed by atoms with Gasteiger partial charge >= 0.3 is 13.4 Å². The van der Waals surface area contributed by atoms with Crippen molar-refractivity contribution in [2.75, 3.05) is 0 Å². The maximum Gasteiger partial charge on any atom is 0.707 e. The summed E-state index contributed by atoms with van der Waals surface area (Å²) in [6.45, 7) is 1.09. The molecule has 0 saturated heterocycles. The van der Waals surface area contributed by atoms with Crippen molar-refractivity contribution in [3.8, 4) is 11.5 Å². The second kappa shape index (κ2) is 5.45. The fourth-order valence-corrected chi connectivity index (χ4v) is 1.06. The Balaban J connectivity index is 3.15. The third kappa shape index (κ3) is 3.78. The molecule has 0 radical (unpaired) electrons. The van der Waals surface area contributed by atoms with Crippen molar-refractivity contribution in [3.05, 3.63) is 23.8 Å². The van der Waals surface area contributed by atoms with Gasteiger partial charge in [-0.3, -0.25) is 0 Å². The second-order valence-electron chi connectivity index (χ2n) is 3.25. The summed E-state index contributed by atoms with van der Waals surface area (Å²) < 4.78 is 60.3. The number of rotatable bonds is 5. The Morgan fingerprint density at radius 1 is 1.28 bits per heavy atom. The third-order valence-electron chi connectivity index (χ3n) is 1.87. The SMILES string of the molecule is CCC(F)(F)Oc1c(F)cc(F)cc1OB(O)O. The molecule has 0 aromatic heterocycles. The maximum atomic E-state index is 13.3. The average Bonchev–Trinajstić information content (AvgIpc) is 2.22. The van der Waals surface area contributed by atoms with E-state index in [1.165, 1.54) is 0 Å². The molecule has 0 amide bonds. The van der Waals surface area contributed by atoms with Gasteiger partial charge in [0.1, 0.15) is 5.82 Å². The molecule has 1 aromatic rings. The molecule has 0 saturated carbocycles. The van der Waals surface area contributed by atoms with Gasteiger partial charge in [0, 0.05) is 18.6 Å². The smallest absolute Gasteiger partial charge is 0.509 e. The minimum absolute atomic E-state index is 0.303. The Hall–Kier alpha value is -1.48. The first kappa shape index (κ1) is 14.6. The molecule has 1 rings (SSSR count). The molecule has 0 atom stereocenters. The van der Waals surface area contributed by atoms with Gasteiger partial charge in [-0.15, -0.1) is 0 Å². The van der Waals surface area contributed by atoms with Crippen molar-refractivity contribution in [2.24, 2.45) is 0 Å². The lowest BCUT2D eigenvalue weighted by atomic mass is 10.2. The fourth-order valence-electron chi connectivity index (χ4n) is 1.06. The number of ether oxygens (including phenoxy) is 1. The van der Waals surface area contributed by atoms with Crippen molar-refractivity contribution < 1.29 is 37.0 Å². The van der Waals surface area contributed by atoms with Gasteiger partial charge in [-0.1, -0.05) is 6.92 Å². The van der Waals surface area contributed by atoms with Crippen LogP contribution in [0, 0.1) is 11.6 Å². The van der Waals surface area contributed by atoms with Crippen LogP contribution in [-0.2, 0) is 0 Å². The molecule has 0 bridgehead atoms. The normalized spacial score (nSPS) is 11.3. The van der Waals surface area contributed by atoms with Gasteiger partial charge in [-0.05, 0) is 0 Å². The van der Waals surface area contributed by atoms with E-state index in [0.29, 0.717) is 12.1 Å². The van der Waals surface area contributed by atoms with Crippen LogP contribution < -0.4 is 9.39 Å². The van der Waals surface area contributed by atoms with Gasteiger partial charge in [-0.25, -0.2) is 8.78 Å². The lowest BCUT2D eigenvalue weighted by molar-refractivity contribution is -0.179. The van der Waals surface area contributed by atoms with E-state index in [4.69, 9.17) is 10.0 Å². The topological polar surface area (TPSA) is 58.9 Å². The summed E-state index contributed by atoms with van der Waals surface area (Å²) >= 11 is 0. The molecular formula is C9H9BF4O4. The first-order valence-electron chi connectivity index (χ1n) is 4.84. The molecule has 0 unspecified atom stereocenters. The predicted octanol–water partition coefficient (Wildman–Crippen LogP) is 1.69. The lowest BCUT2D eigenvalue weighted by Gasteiger charge is -2.19. The molecule has 4 nitrogen and oxygen atoms in total. The highest BCUT2D eigenvalue weighted by molar-refractivity contribution is 6.33. The van der Waals surface area contributed by atoms with Crippen molar-refractivity contribution in [3.63, 3.8) is 0 Å². The van der Waals surface area contributed by atoms with E-state index in [0.717, 1.165) is 6.92 Å². The summed E-state index contributed by atoms with van der Waals surface area (Å²) in [5, 5.41) is 17.0. The Bertz CT molecular complexity index is 427. The van der Waals surface area contributed by atoms with Crippen LogP contribution in [0.4, 0.5) is 17.6 Å². The highest BCUT2D eigenvalue weighted by Crippen LogP contribution is 2.36. The molecule has 100 valence electrons. The van der Waals surface area contributed by atoms with E-state index in [9.17, 15) is 17.6 Å². The molecule has 0 fully saturated rings. The van der Waals surface area contributed by atoms with Crippen molar-refractivity contribution in [1.29, 1.82) is 0 Å². The molecule has 2 N–H and O–H groups in total. The van der Waals surface area contributed by atoms with Gasteiger partial charge in [0.2, 0.25) is 5.75 Å². The van der Waals surface area contributed by atoms with Crippen LogP contribution in [0.5, 0.6) is 11.5 Å². The summed E-state index contributed by atoms with van der Waals surface area (Å²) in [6, 6.07) is 0.793. The predicted molar refractivity (Wildman–Crippen MR) is 53.0 cm³/mol. The zero-order valence-corrected chi connectivity index (χ0v) is 9.16. The molecule has 9 heteroatoms. The number of benzene rings is 1. The van der Waals surface area contributed by atoms with Gasteiger partial charge in [0.05, 0.1) is 0 Å². The second-order valence-corrected chi connectivity index (χ2v) is 3.25. The quantitative estimate of drug-likeness (QED) is 0.630. The van der Waals surface area contributed by atoms with E-state index < -0.39 is 43.0 Å². The summed E-state index contributed by atoms with van der Waals surface area (Å²) in [7, 11) is -2.43. The van der Waals surface area contributed by atoms with Crippen LogP contribution in [0.3, 0.4) is 0 Å². The van der Waals surface area contributed by atoms with Gasteiger partial charge in [0.15, 0.2) is 11.6 Å². The first-order chi connectivity index (χ1) is 8.25. The number of halogens is 4. The lowest BCUT2D eigenvalue weighted by Crippen LogP contribution is -2.26. The standard InChI is InChI=1S/C9H9BF4O4/c1-2-9(13,14)17-8-6(12)3-5(11)4-7(8)18-10(15)16/h3-4,15-16H,2H2,1H3. The van der Waals surface area contributed by atoms with Gasteiger partial charge < -0.3 is 19.4 Å². The van der Waals surface area contributed by atoms with Crippen molar-refractivity contribution in [2.45, 2.75) is 19.5 Å². The molecule has 18 heavy (non-hydrogen) atoms. The summed E-state index contributed by atoms with van der Waals surface area (Å²) in [5.74, 6) is -4.57. The van der Waals surface area contributed by atoms with Crippen molar-refractivity contribution in [1.82, 2.24) is 0 Å². The van der Waals surface area contributed by atoms with Crippen LogP contribution in [0.25, 0.3) is 0 Å². The van der Waals surface area contributed by atoms with Crippen LogP contribution in [0.2, 0.25) is 0 Å². The zero-order valence-electron chi connectivity index (χ0n) is 9.16. The zero-order chi connectivity index (χ0) is 13.9. The summed E-state index contributed by atoms with van der Waals surface area (Å²) in [6.07, 6.45) is -4.46. The molecular weight excluding hydrogens is 259 g/mol. The minimum atomic E-state index is -3.70. The number of hydrogen-bond donors (Lipinski definition) is 2. The number of alkyl halides is 2. The van der Waals surface area contributed by atoms with Crippen LogP contribution in [-0.4, -0.2) is 23.5 Å². The molecule has 0 aliphatic rings. The first-order valence-corrected chi connectivity index (χ1v) is 4.84. The van der Waals surface area contributed by atoms with E-state index in [2.05, 4.69) is 9.39 Å². The Morgan fingerprint density at radius 2 is 1.89 bits per heavy atom. The number of hydrogen-bond acceptors (Lipinski definition) is 4. The molecule has 0 heterocycles. The Morgan fingerprint density at radius 3 is 2.39 bits per heavy atom. The largest absolute Gasteiger partial charge is 0.707 e. The molecule has 0 aliphatic carbocycles. The summed E-state index contributed by atoms with van der Waals surface area (Å²) in [5.41, 5.74) is 0. The third-order valence-corrected chi connectivity index (χ3v) is 1.87. The molecule has 0 aliphatic heterocycles. The van der Waals surface area contributed by atoms with Crippen LogP contribution in [0.1, 0.15) is 13.3 Å². The Kier molecular flexibility index (Phi) is 4.41. The highest BCUT2D eigenvalue weighted by atomic mass is 19.3. The highest BCUT2D eigenvalue weighted by Gasteiger charge is 2.32. The van der Waals surface area contributed by atoms with E-state index in [1.54, 1.807) is 0 Å². The van der Waals surface area contributed by atoms with E-state index >= 15 is 0 Å². The summed E-state index contributed by atoms with van der Waals surface area (Å²) in [4.78, 5) is 0.